The largest absolute Gasteiger partial charge is 0.481 e. The number of nitrogens with zero attached hydrogens (tertiary/aromatic N) is 1. The summed E-state index contributed by atoms with van der Waals surface area (Å²) in [5, 5.41) is 11.4. The first-order chi connectivity index (χ1) is 16.6. The lowest BCUT2D eigenvalue weighted by molar-refractivity contribution is -0.159. The predicted molar refractivity (Wildman–Crippen MR) is 120 cm³/mol. The lowest BCUT2D eigenvalue weighted by Gasteiger charge is -2.31. The first-order valence-electron chi connectivity index (χ1n) is 10.4. The van der Waals surface area contributed by atoms with E-state index in [1.165, 1.54) is 19.2 Å². The van der Waals surface area contributed by atoms with Crippen LogP contribution in [0.1, 0.15) is 22.9 Å². The van der Waals surface area contributed by atoms with Crippen molar-refractivity contribution in [3.05, 3.63) is 69.9 Å². The number of hydrogen-bond donors (Lipinski definition) is 3. The van der Waals surface area contributed by atoms with E-state index in [-0.39, 0.29) is 45.6 Å². The molecule has 2 aromatic rings. The maximum Gasteiger partial charge on any atom is 0.345 e. The number of ether oxygens (including phenoxy) is 3. The second-order valence-electron chi connectivity index (χ2n) is 7.81. The van der Waals surface area contributed by atoms with E-state index in [0.29, 0.717) is 0 Å². The minimum atomic E-state index is -3.28. The number of benzene rings is 1. The molecule has 186 valence electrons. The summed E-state index contributed by atoms with van der Waals surface area (Å²) in [5.41, 5.74) is 9.20. The Kier molecular flexibility index (Phi) is 6.78. The topological polar surface area (TPSA) is 130 Å². The Balaban J connectivity index is 1.92. The molecule has 4 rings (SSSR count). The summed E-state index contributed by atoms with van der Waals surface area (Å²) in [6.07, 6.45) is -3.51. The van der Waals surface area contributed by atoms with Gasteiger partial charge in [-0.05, 0) is 18.2 Å². The van der Waals surface area contributed by atoms with Gasteiger partial charge < -0.3 is 30.8 Å². The fourth-order valence-corrected chi connectivity index (χ4v) is 4.59. The monoisotopic (exact) mass is 511 g/mol. The molecule has 1 aromatic heterocycles. The highest BCUT2D eigenvalue weighted by molar-refractivity contribution is 6.33. The minimum Gasteiger partial charge on any atom is -0.481 e. The van der Waals surface area contributed by atoms with Crippen LogP contribution in [-0.4, -0.2) is 48.5 Å². The molecule has 8 nitrogen and oxygen atoms in total. The Morgan fingerprint density at radius 2 is 2.09 bits per heavy atom. The van der Waals surface area contributed by atoms with Gasteiger partial charge in [0.05, 0.1) is 12.8 Å². The highest BCUT2D eigenvalue weighted by Gasteiger charge is 2.52. The highest BCUT2D eigenvalue weighted by atomic mass is 35.5. The molecule has 1 aromatic carbocycles. The summed E-state index contributed by atoms with van der Waals surface area (Å²) in [7, 11) is 1.41. The second-order valence-corrected chi connectivity index (χ2v) is 8.22. The molecule has 0 spiro atoms. The van der Waals surface area contributed by atoms with Gasteiger partial charge in [0.25, 0.3) is 0 Å². The summed E-state index contributed by atoms with van der Waals surface area (Å²) in [4.78, 5) is 16.5. The maximum absolute atomic E-state index is 15.6. The van der Waals surface area contributed by atoms with Gasteiger partial charge in [-0.2, -0.15) is 8.78 Å². The average Bonchev–Trinajstić information content (AvgIpc) is 3.13. The second kappa shape index (κ2) is 9.50. The zero-order valence-electron chi connectivity index (χ0n) is 18.3. The fraction of sp³-hybridized carbons (Fsp3) is 0.304. The van der Waals surface area contributed by atoms with Crippen molar-refractivity contribution < 1.29 is 37.3 Å². The number of alkyl halides is 3. The maximum atomic E-state index is 15.6. The van der Waals surface area contributed by atoms with Crippen LogP contribution in [0.4, 0.5) is 13.2 Å². The Morgan fingerprint density at radius 3 is 2.71 bits per heavy atom. The molecule has 4 atom stereocenters. The molecular weight excluding hydrogens is 491 g/mol. The van der Waals surface area contributed by atoms with E-state index in [2.05, 4.69) is 9.72 Å². The number of nitrogens with two attached hydrogens (primary N) is 2. The molecule has 0 bridgehead atoms. The number of aliphatic hydroxyl groups excluding tert-OH is 1. The Hall–Kier alpha value is -3.12. The summed E-state index contributed by atoms with van der Waals surface area (Å²) in [6, 6.07) is 7.56. The molecular formula is C23H21ClF3N3O5. The minimum absolute atomic E-state index is 0.00457. The van der Waals surface area contributed by atoms with Crippen LogP contribution >= 0.6 is 11.6 Å². The van der Waals surface area contributed by atoms with Crippen LogP contribution < -0.4 is 20.9 Å². The first-order valence-corrected chi connectivity index (χ1v) is 10.7. The van der Waals surface area contributed by atoms with Crippen LogP contribution in [0.5, 0.6) is 11.6 Å². The number of carbonyl (C=O) groups excluding carboxylic acids is 1. The molecule has 0 saturated carbocycles. The zero-order valence-corrected chi connectivity index (χ0v) is 19.0. The zero-order chi connectivity index (χ0) is 25.5. The molecule has 2 heterocycles. The number of hydrogen-bond acceptors (Lipinski definition) is 7. The number of aliphatic hydroxyl groups is 1. The lowest BCUT2D eigenvalue weighted by atomic mass is 9.81. The molecule has 1 unspecified atom stereocenters. The molecule has 1 aliphatic heterocycles. The van der Waals surface area contributed by atoms with E-state index in [0.717, 1.165) is 12.2 Å². The normalized spacial score (nSPS) is 25.5. The van der Waals surface area contributed by atoms with Crippen LogP contribution in [-0.2, 0) is 15.1 Å². The SMILES string of the molecule is COc1cccc([C@@]2(CN)Oc3ccc(Cl)c(C4=C(C(N)=O)C=C[C@H](OC(F)F)C4F)c3[C@@H]2O)n1. The summed E-state index contributed by atoms with van der Waals surface area (Å²) < 4.78 is 57.0. The fourth-order valence-electron chi connectivity index (χ4n) is 4.32. The van der Waals surface area contributed by atoms with Crippen LogP contribution in [0.25, 0.3) is 5.57 Å². The predicted octanol–water partition coefficient (Wildman–Crippen LogP) is 2.78. The van der Waals surface area contributed by atoms with Crippen LogP contribution in [0, 0.1) is 0 Å². The number of primary amides is 1. The van der Waals surface area contributed by atoms with Crippen LogP contribution in [0.15, 0.2) is 48.1 Å². The van der Waals surface area contributed by atoms with Gasteiger partial charge in [0.15, 0.2) is 11.8 Å². The Bertz CT molecular complexity index is 1220. The van der Waals surface area contributed by atoms with Gasteiger partial charge in [-0.1, -0.05) is 29.8 Å². The average molecular weight is 512 g/mol. The third-order valence-electron chi connectivity index (χ3n) is 5.93. The van der Waals surface area contributed by atoms with E-state index in [4.69, 9.17) is 32.5 Å². The molecule has 1 amide bonds. The molecule has 1 aliphatic carbocycles. The van der Waals surface area contributed by atoms with Crippen molar-refractivity contribution in [2.45, 2.75) is 30.6 Å². The number of amides is 1. The summed E-state index contributed by atoms with van der Waals surface area (Å²) in [6.45, 7) is -3.55. The standard InChI is InChI=1S/C23H21ClF3N3O5/c1-33-15-4-2-3-14(30-15)23(9-28)20(31)18-12(35-23)8-6-11(24)17(18)16-10(21(29)32)5-7-13(19(16)25)34-22(26)27/h2-8,13,19-20,22,31H,9,28H2,1H3,(H2,29,32)/t13-,19?,20-,23+/m0/s1. The van der Waals surface area contributed by atoms with Crippen molar-refractivity contribution >= 4 is 23.1 Å². The Morgan fingerprint density at radius 1 is 1.34 bits per heavy atom. The molecule has 12 heteroatoms. The smallest absolute Gasteiger partial charge is 0.345 e. The van der Waals surface area contributed by atoms with E-state index < -0.39 is 42.1 Å². The van der Waals surface area contributed by atoms with Crippen LogP contribution in [0.2, 0.25) is 5.02 Å². The van der Waals surface area contributed by atoms with Crippen molar-refractivity contribution in [1.29, 1.82) is 0 Å². The van der Waals surface area contributed by atoms with Crippen molar-refractivity contribution in [2.75, 3.05) is 13.7 Å². The molecule has 0 fully saturated rings. The highest BCUT2D eigenvalue weighted by Crippen LogP contribution is 2.53. The lowest BCUT2D eigenvalue weighted by Crippen LogP contribution is -2.43. The van der Waals surface area contributed by atoms with Gasteiger partial charge in [0.1, 0.15) is 18.0 Å². The van der Waals surface area contributed by atoms with Gasteiger partial charge in [-0.3, -0.25) is 4.79 Å². The van der Waals surface area contributed by atoms with Gasteiger partial charge >= 0.3 is 6.61 Å². The number of pyridine rings is 1. The van der Waals surface area contributed by atoms with E-state index in [1.807, 2.05) is 0 Å². The Labute approximate surface area is 202 Å². The number of aromatic nitrogens is 1. The van der Waals surface area contributed by atoms with Crippen molar-refractivity contribution in [3.8, 4) is 11.6 Å². The molecule has 0 radical (unpaired) electrons. The molecule has 35 heavy (non-hydrogen) atoms. The van der Waals surface area contributed by atoms with Crippen molar-refractivity contribution in [1.82, 2.24) is 4.98 Å². The quantitative estimate of drug-likeness (QED) is 0.521. The van der Waals surface area contributed by atoms with Gasteiger partial charge in [0, 0.05) is 39.9 Å². The van der Waals surface area contributed by atoms with E-state index in [9.17, 15) is 18.7 Å². The number of fused-ring (bicyclic) bond motifs is 1. The van der Waals surface area contributed by atoms with E-state index in [1.54, 1.807) is 18.2 Å². The van der Waals surface area contributed by atoms with Gasteiger partial charge in [-0.15, -0.1) is 0 Å². The number of methoxy groups -OCH3 is 1. The van der Waals surface area contributed by atoms with Crippen molar-refractivity contribution in [3.63, 3.8) is 0 Å². The van der Waals surface area contributed by atoms with Crippen molar-refractivity contribution in [2.24, 2.45) is 11.5 Å². The number of carbonyl (C=O) groups is 1. The summed E-state index contributed by atoms with van der Waals surface area (Å²) >= 11 is 6.43. The van der Waals surface area contributed by atoms with Crippen LogP contribution in [0.3, 0.4) is 0 Å². The number of rotatable bonds is 7. The first kappa shape index (κ1) is 25.0. The third-order valence-corrected chi connectivity index (χ3v) is 6.25. The van der Waals surface area contributed by atoms with Gasteiger partial charge in [-0.25, -0.2) is 9.37 Å². The van der Waals surface area contributed by atoms with E-state index >= 15 is 4.39 Å². The molecule has 5 N–H and O–H groups in total. The number of halogens is 4. The third kappa shape index (κ3) is 4.14. The molecule has 0 saturated heterocycles. The van der Waals surface area contributed by atoms with Gasteiger partial charge in [0.2, 0.25) is 11.8 Å². The summed E-state index contributed by atoms with van der Waals surface area (Å²) in [5.74, 6) is -0.723. The molecule has 2 aliphatic rings.